The van der Waals surface area contributed by atoms with Gasteiger partial charge in [-0.1, -0.05) is 7.43 Å². The number of aliphatic hydroxyl groups is 32. The molecule has 0 aromatic heterocycles. The van der Waals surface area contributed by atoms with Crippen molar-refractivity contribution in [3.8, 4) is 0 Å². The molecule has 0 spiro atoms. The van der Waals surface area contributed by atoms with Crippen LogP contribution in [0.4, 0.5) is 0 Å². The molecule has 584 valence electrons. The minimum Gasteiger partial charge on any atom is -0.394 e. The average Bonchev–Trinajstić information content (AvgIpc) is 1.04. The van der Waals surface area contributed by atoms with E-state index in [1.165, 1.54) is 0 Å². The SMILES string of the molecule is C.CC1O[C@H](CO)[C@@H](O)[C@@H](O)[C@@H]1O.CC1O[C@H](CO)[C@@H](O)[C@@H](O)[C@H]1O.CC1O[C@H](CO)[C@@H](O)[C@H](O)[C@@H]1O.CC1O[C@H](CO)[C@@H](O)[C@H](O)[C@H]1O.CC1O[C@H](CO)[C@H](O)[C@@H](O)[C@@H]1O.CC1O[C@H](CO)[C@H](O)[C@@H](O)[C@H]1O.CC1O[C@H](CO)[C@H](O)[C@H](O)[C@@H]1O.CC1O[C@H](CO)[C@H](O)[C@H](O)[C@H]1O. The Kier molecular flexibility index (Phi) is 44.8. The van der Waals surface area contributed by atoms with Crippen molar-refractivity contribution < 1.29 is 201 Å². The summed E-state index contributed by atoms with van der Waals surface area (Å²) in [7, 11) is 0. The quantitative estimate of drug-likeness (QED) is 0.107. The van der Waals surface area contributed by atoms with Crippen LogP contribution in [-0.2, 0) is 37.9 Å². The van der Waals surface area contributed by atoms with Gasteiger partial charge in [-0.2, -0.15) is 0 Å². The fourth-order valence-electron chi connectivity index (χ4n) is 10.3. The predicted octanol–water partition coefficient (Wildman–Crippen LogP) is -16.6. The Bertz CT molecular complexity index is 1580. The van der Waals surface area contributed by atoms with E-state index in [0.29, 0.717) is 0 Å². The highest BCUT2D eigenvalue weighted by Crippen LogP contribution is 2.27. The number of hydrogen-bond donors (Lipinski definition) is 32. The van der Waals surface area contributed by atoms with E-state index in [0.717, 1.165) is 0 Å². The largest absolute Gasteiger partial charge is 0.394 e. The highest BCUT2D eigenvalue weighted by molar-refractivity contribution is 4.96. The van der Waals surface area contributed by atoms with Crippen molar-refractivity contribution in [1.29, 1.82) is 0 Å². The molecule has 8 rings (SSSR count). The van der Waals surface area contributed by atoms with Crippen molar-refractivity contribution in [2.24, 2.45) is 0 Å². The summed E-state index contributed by atoms with van der Waals surface area (Å²) in [6.45, 7) is 9.65. The van der Waals surface area contributed by atoms with E-state index in [1.807, 2.05) is 0 Å². The first kappa shape index (κ1) is 95.4. The van der Waals surface area contributed by atoms with Gasteiger partial charge in [0.05, 0.1) is 102 Å². The Morgan fingerprint density at radius 2 is 0.216 bits per heavy atom. The van der Waals surface area contributed by atoms with Crippen LogP contribution in [0.5, 0.6) is 0 Å². The molecule has 32 N–H and O–H groups in total. The van der Waals surface area contributed by atoms with Gasteiger partial charge >= 0.3 is 0 Å². The number of aliphatic hydroxyl groups excluding tert-OH is 32. The summed E-state index contributed by atoms with van der Waals surface area (Å²) in [6.07, 6.45) is -39.5. The number of rotatable bonds is 8. The summed E-state index contributed by atoms with van der Waals surface area (Å²) in [6, 6.07) is 0. The molecule has 8 aliphatic heterocycles. The molecule has 40 nitrogen and oxygen atoms in total. The normalized spacial score (nSPS) is 48.7. The third-order valence-corrected chi connectivity index (χ3v) is 17.0. The molecule has 0 radical (unpaired) electrons. The second-order valence-corrected chi connectivity index (χ2v) is 24.3. The van der Waals surface area contributed by atoms with Gasteiger partial charge in [-0.25, -0.2) is 0 Å². The topological polar surface area (TPSA) is 721 Å². The Morgan fingerprint density at radius 3 is 0.278 bits per heavy atom. The van der Waals surface area contributed by atoms with Crippen molar-refractivity contribution in [1.82, 2.24) is 0 Å². The lowest BCUT2D eigenvalue weighted by atomic mass is 9.96. The van der Waals surface area contributed by atoms with Gasteiger partial charge in [-0.15, -0.1) is 0 Å². The zero-order valence-corrected chi connectivity index (χ0v) is 54.3. The second-order valence-electron chi connectivity index (χ2n) is 24.3. The molecule has 0 aromatic rings. The molecular formula is C57H116O40. The fourth-order valence-corrected chi connectivity index (χ4v) is 10.3. The van der Waals surface area contributed by atoms with Gasteiger partial charge in [-0.3, -0.25) is 0 Å². The average molecular weight is 1440 g/mol. The third-order valence-electron chi connectivity index (χ3n) is 17.0. The lowest BCUT2D eigenvalue weighted by Crippen LogP contribution is -2.57. The van der Waals surface area contributed by atoms with Crippen LogP contribution in [0, 0.1) is 0 Å². The first-order valence-corrected chi connectivity index (χ1v) is 31.0. The second kappa shape index (κ2) is 45.6. The van der Waals surface area contributed by atoms with E-state index in [1.54, 1.807) is 55.4 Å². The highest BCUT2D eigenvalue weighted by Gasteiger charge is 2.47. The summed E-state index contributed by atoms with van der Waals surface area (Å²) in [4.78, 5) is 0. The van der Waals surface area contributed by atoms with E-state index >= 15 is 0 Å². The van der Waals surface area contributed by atoms with Crippen molar-refractivity contribution in [3.63, 3.8) is 0 Å². The molecule has 8 aliphatic rings. The lowest BCUT2D eigenvalue weighted by Gasteiger charge is -2.38. The summed E-state index contributed by atoms with van der Waals surface area (Å²) < 4.78 is 40.2. The summed E-state index contributed by atoms with van der Waals surface area (Å²) in [5, 5.41) is 291. The zero-order valence-electron chi connectivity index (χ0n) is 54.3. The smallest absolute Gasteiger partial charge is 0.111 e. The molecule has 8 heterocycles. The minimum atomic E-state index is -1.24. The molecule has 0 aromatic carbocycles. The van der Waals surface area contributed by atoms with Gasteiger partial charge in [0.15, 0.2) is 0 Å². The van der Waals surface area contributed by atoms with Crippen LogP contribution in [0.2, 0.25) is 0 Å². The molecular weight excluding hydrogens is 1320 g/mol. The van der Waals surface area contributed by atoms with Gasteiger partial charge < -0.3 is 201 Å². The Balaban J connectivity index is 0.00000108. The maximum absolute atomic E-state index is 9.23. The standard InChI is InChI=1S/8C7H14O5.CH4/c8*1-3-5(9)7(11)6(10)4(2-8)12-3;/h8*3-11H,2H2,1H3;1H4/t3?,4-,5+,6+,7+;3?,4-,5+,6+,7-;3?,4-,5+,6-,7+;3?,4-,5+,6-,7-;3?,4-,5-,6+,7+;3?,4-,5-,6+,7-;3?,4-,5-,6-,7+;3?,4-,5-,6-,7-;/m11111111./s1. The monoisotopic (exact) mass is 1440 g/mol. The number of ether oxygens (including phenoxy) is 8. The lowest BCUT2D eigenvalue weighted by molar-refractivity contribution is -0.224. The van der Waals surface area contributed by atoms with Crippen molar-refractivity contribution >= 4 is 0 Å². The minimum absolute atomic E-state index is 0. The van der Waals surface area contributed by atoms with Crippen LogP contribution in [0.1, 0.15) is 62.8 Å². The predicted molar refractivity (Wildman–Crippen MR) is 322 cm³/mol. The van der Waals surface area contributed by atoms with Crippen LogP contribution in [0.3, 0.4) is 0 Å². The van der Waals surface area contributed by atoms with Gasteiger partial charge in [0, 0.05) is 0 Å². The molecule has 0 bridgehead atoms. The number of hydrogen-bond acceptors (Lipinski definition) is 40. The molecule has 40 heteroatoms. The molecule has 8 saturated heterocycles. The molecule has 8 unspecified atom stereocenters. The molecule has 40 atom stereocenters. The highest BCUT2D eigenvalue weighted by atomic mass is 16.6. The Labute approximate surface area is 559 Å². The van der Waals surface area contributed by atoms with Crippen molar-refractivity contribution in [3.05, 3.63) is 0 Å². The van der Waals surface area contributed by atoms with Gasteiger partial charge in [0.25, 0.3) is 0 Å². The molecule has 0 aliphatic carbocycles. The van der Waals surface area contributed by atoms with Crippen LogP contribution in [-0.4, -0.2) is 460 Å². The van der Waals surface area contributed by atoms with Crippen LogP contribution >= 0.6 is 0 Å². The van der Waals surface area contributed by atoms with Crippen molar-refractivity contribution in [2.45, 2.75) is 307 Å². The van der Waals surface area contributed by atoms with Gasteiger partial charge in [0.1, 0.15) is 195 Å². The first-order valence-electron chi connectivity index (χ1n) is 31.0. The Morgan fingerprint density at radius 1 is 0.144 bits per heavy atom. The summed E-state index contributed by atoms with van der Waals surface area (Å²) >= 11 is 0. The van der Waals surface area contributed by atoms with Gasteiger partial charge in [-0.05, 0) is 55.4 Å². The van der Waals surface area contributed by atoms with Crippen molar-refractivity contribution in [2.75, 3.05) is 52.9 Å². The molecule has 97 heavy (non-hydrogen) atoms. The van der Waals surface area contributed by atoms with E-state index in [4.69, 9.17) is 78.7 Å². The van der Waals surface area contributed by atoms with Crippen LogP contribution in [0.15, 0.2) is 0 Å². The van der Waals surface area contributed by atoms with Crippen LogP contribution in [0.25, 0.3) is 0 Å². The summed E-state index contributed by atoms with van der Waals surface area (Å²) in [5.74, 6) is 0. The van der Waals surface area contributed by atoms with E-state index in [-0.39, 0.29) is 60.3 Å². The van der Waals surface area contributed by atoms with E-state index in [9.17, 15) is 123 Å². The third kappa shape index (κ3) is 26.5. The molecule has 0 amide bonds. The van der Waals surface area contributed by atoms with Gasteiger partial charge in [0.2, 0.25) is 0 Å². The molecule has 0 saturated carbocycles. The maximum Gasteiger partial charge on any atom is 0.111 e. The van der Waals surface area contributed by atoms with E-state index < -0.39 is 244 Å². The first-order chi connectivity index (χ1) is 44.6. The summed E-state index contributed by atoms with van der Waals surface area (Å²) in [5.41, 5.74) is 0. The fraction of sp³-hybridized carbons (Fsp3) is 1.00. The van der Waals surface area contributed by atoms with Crippen LogP contribution < -0.4 is 0 Å². The Hall–Kier alpha value is -1.60. The maximum atomic E-state index is 9.23. The zero-order chi connectivity index (χ0) is 74.4. The molecule has 8 fully saturated rings. The van der Waals surface area contributed by atoms with E-state index in [2.05, 4.69) is 0 Å².